The van der Waals surface area contributed by atoms with Crippen molar-refractivity contribution < 1.29 is 22.7 Å². The summed E-state index contributed by atoms with van der Waals surface area (Å²) in [6.45, 7) is 0.504. The maximum absolute atomic E-state index is 12.4. The topological polar surface area (TPSA) is 81.3 Å². The van der Waals surface area contributed by atoms with Crippen LogP contribution < -0.4 is 10.5 Å². The maximum Gasteiger partial charge on any atom is 0.573 e. The van der Waals surface area contributed by atoms with Crippen molar-refractivity contribution in [3.63, 3.8) is 0 Å². The summed E-state index contributed by atoms with van der Waals surface area (Å²) in [4.78, 5) is 21.8. The molecule has 0 aliphatic carbocycles. The Morgan fingerprint density at radius 2 is 2.09 bits per heavy atom. The second kappa shape index (κ2) is 5.41. The molecule has 1 aliphatic heterocycles. The van der Waals surface area contributed by atoms with E-state index < -0.39 is 18.0 Å². The summed E-state index contributed by atoms with van der Waals surface area (Å²) in [5.74, 6) is -0.753. The van der Waals surface area contributed by atoms with E-state index in [-0.39, 0.29) is 24.6 Å². The zero-order valence-electron chi connectivity index (χ0n) is 11.7. The highest BCUT2D eigenvalue weighted by molar-refractivity contribution is 5.94. The molecule has 1 aliphatic rings. The number of nitrogens with two attached hydrogens (primary N) is 1. The lowest BCUT2D eigenvalue weighted by Gasteiger charge is -2.16. The first-order valence-corrected chi connectivity index (χ1v) is 6.57. The Morgan fingerprint density at radius 3 is 2.83 bits per heavy atom. The van der Waals surface area contributed by atoms with Gasteiger partial charge in [-0.15, -0.1) is 13.2 Å². The minimum atomic E-state index is -4.81. The summed E-state index contributed by atoms with van der Waals surface area (Å²) in [7, 11) is 0. The smallest absolute Gasteiger partial charge is 0.406 e. The van der Waals surface area contributed by atoms with E-state index in [1.165, 1.54) is 23.2 Å². The Balaban J connectivity index is 1.78. The molecule has 2 N–H and O–H groups in total. The molecule has 120 valence electrons. The lowest BCUT2D eigenvalue weighted by molar-refractivity contribution is -0.274. The van der Waals surface area contributed by atoms with Gasteiger partial charge in [-0.1, -0.05) is 6.07 Å². The fraction of sp³-hybridized carbons (Fsp3) is 0.214. The highest BCUT2D eigenvalue weighted by atomic mass is 19.4. The summed E-state index contributed by atoms with van der Waals surface area (Å²) in [5.41, 5.74) is 6.98. The first-order chi connectivity index (χ1) is 10.8. The first-order valence-electron chi connectivity index (χ1n) is 6.57. The molecule has 0 unspecified atom stereocenters. The Bertz CT molecular complexity index is 764. The highest BCUT2D eigenvalue weighted by Gasteiger charge is 2.32. The molecule has 0 saturated heterocycles. The average Bonchev–Trinajstić information content (AvgIpc) is 2.88. The monoisotopic (exact) mass is 324 g/mol. The number of alkyl halides is 3. The first kappa shape index (κ1) is 15.1. The number of rotatable bonds is 2. The Morgan fingerprint density at radius 1 is 1.30 bits per heavy atom. The molecule has 9 heteroatoms. The third-order valence-corrected chi connectivity index (χ3v) is 3.28. The number of nitrogens with zero attached hydrogens (tertiary/aromatic N) is 3. The van der Waals surface area contributed by atoms with Gasteiger partial charge in [0.25, 0.3) is 5.91 Å². The van der Waals surface area contributed by atoms with Gasteiger partial charge in [0, 0.05) is 23.9 Å². The third kappa shape index (κ3) is 3.33. The summed E-state index contributed by atoms with van der Waals surface area (Å²) >= 11 is 0. The molecule has 23 heavy (non-hydrogen) atoms. The number of carbonyl (C=O) groups is 1. The number of ether oxygens (including phenoxy) is 1. The highest BCUT2D eigenvalue weighted by Crippen LogP contribution is 2.26. The summed E-state index contributed by atoms with van der Waals surface area (Å²) in [6, 6.07) is 4.94. The molecule has 0 spiro atoms. The molecule has 2 aromatic rings. The Labute approximate surface area is 128 Å². The van der Waals surface area contributed by atoms with Crippen LogP contribution >= 0.6 is 0 Å². The van der Waals surface area contributed by atoms with Gasteiger partial charge in [-0.25, -0.2) is 9.97 Å². The maximum atomic E-state index is 12.4. The van der Waals surface area contributed by atoms with Crippen molar-refractivity contribution in [1.29, 1.82) is 0 Å². The summed E-state index contributed by atoms with van der Waals surface area (Å²) in [5, 5.41) is 0. The van der Waals surface area contributed by atoms with Crippen LogP contribution in [0.25, 0.3) is 0 Å². The number of carbonyl (C=O) groups excluding carboxylic acids is 1. The Hall–Kier alpha value is -2.84. The van der Waals surface area contributed by atoms with E-state index in [0.29, 0.717) is 5.69 Å². The van der Waals surface area contributed by atoms with Crippen LogP contribution in [-0.2, 0) is 13.1 Å². The zero-order valence-corrected chi connectivity index (χ0v) is 11.7. The van der Waals surface area contributed by atoms with E-state index in [4.69, 9.17) is 5.73 Å². The molecule has 3 rings (SSSR count). The van der Waals surface area contributed by atoms with Gasteiger partial charge in [0.1, 0.15) is 5.75 Å². The lowest BCUT2D eigenvalue weighted by Crippen LogP contribution is -2.25. The van der Waals surface area contributed by atoms with Crippen LogP contribution in [0.3, 0.4) is 0 Å². The number of amides is 1. The van der Waals surface area contributed by atoms with Gasteiger partial charge in [-0.05, 0) is 18.2 Å². The minimum Gasteiger partial charge on any atom is -0.406 e. The van der Waals surface area contributed by atoms with Crippen LogP contribution in [0.5, 0.6) is 5.75 Å². The SMILES string of the molecule is Nc1ncc2c(n1)CN(C(=O)c1cccc(OC(F)(F)F)c1)C2. The standard InChI is InChI=1S/C14H11F3N4O2/c15-14(16,17)23-10-3-1-2-8(4-10)12(22)21-6-9-5-19-13(18)20-11(9)7-21/h1-5H,6-7H2,(H2,18,19,20). The van der Waals surface area contributed by atoms with E-state index in [1.54, 1.807) is 0 Å². The van der Waals surface area contributed by atoms with E-state index in [2.05, 4.69) is 14.7 Å². The summed E-state index contributed by atoms with van der Waals surface area (Å²) < 4.78 is 40.6. The largest absolute Gasteiger partial charge is 0.573 e. The lowest BCUT2D eigenvalue weighted by atomic mass is 10.2. The van der Waals surface area contributed by atoms with Crippen molar-refractivity contribution in [2.45, 2.75) is 19.5 Å². The second-order valence-electron chi connectivity index (χ2n) is 4.94. The van der Waals surface area contributed by atoms with E-state index >= 15 is 0 Å². The van der Waals surface area contributed by atoms with Crippen molar-refractivity contribution in [2.24, 2.45) is 0 Å². The van der Waals surface area contributed by atoms with Gasteiger partial charge in [-0.3, -0.25) is 4.79 Å². The van der Waals surface area contributed by atoms with Crippen molar-refractivity contribution >= 4 is 11.9 Å². The van der Waals surface area contributed by atoms with E-state index in [9.17, 15) is 18.0 Å². The normalized spacial score (nSPS) is 13.8. The Kier molecular flexibility index (Phi) is 3.55. The number of hydrogen-bond acceptors (Lipinski definition) is 5. The molecular formula is C14H11F3N4O2. The molecular weight excluding hydrogens is 313 g/mol. The number of halogens is 3. The van der Waals surface area contributed by atoms with Crippen LogP contribution in [0, 0.1) is 0 Å². The van der Waals surface area contributed by atoms with Gasteiger partial charge in [0.05, 0.1) is 12.2 Å². The van der Waals surface area contributed by atoms with Gasteiger partial charge < -0.3 is 15.4 Å². The van der Waals surface area contributed by atoms with Crippen LogP contribution in [0.15, 0.2) is 30.5 Å². The summed E-state index contributed by atoms with van der Waals surface area (Å²) in [6.07, 6.45) is -3.27. The quantitative estimate of drug-likeness (QED) is 0.915. The van der Waals surface area contributed by atoms with Crippen molar-refractivity contribution in [1.82, 2.24) is 14.9 Å². The number of nitrogen functional groups attached to an aromatic ring is 1. The van der Waals surface area contributed by atoms with Crippen LogP contribution in [0.2, 0.25) is 0 Å². The predicted molar refractivity (Wildman–Crippen MR) is 73.1 cm³/mol. The molecule has 0 saturated carbocycles. The average molecular weight is 324 g/mol. The number of hydrogen-bond donors (Lipinski definition) is 1. The fourth-order valence-electron chi connectivity index (χ4n) is 2.32. The van der Waals surface area contributed by atoms with Crippen LogP contribution in [0.1, 0.15) is 21.6 Å². The van der Waals surface area contributed by atoms with Crippen LogP contribution in [0.4, 0.5) is 19.1 Å². The molecule has 0 radical (unpaired) electrons. The number of anilines is 1. The van der Waals surface area contributed by atoms with Gasteiger partial charge >= 0.3 is 6.36 Å². The molecule has 1 aromatic carbocycles. The van der Waals surface area contributed by atoms with E-state index in [0.717, 1.165) is 17.7 Å². The molecule has 2 heterocycles. The number of benzene rings is 1. The van der Waals surface area contributed by atoms with E-state index in [1.807, 2.05) is 0 Å². The minimum absolute atomic E-state index is 0.0977. The van der Waals surface area contributed by atoms with Crippen molar-refractivity contribution in [3.05, 3.63) is 47.3 Å². The zero-order chi connectivity index (χ0) is 16.6. The van der Waals surface area contributed by atoms with Crippen molar-refractivity contribution in [3.8, 4) is 5.75 Å². The van der Waals surface area contributed by atoms with Gasteiger partial charge in [0.2, 0.25) is 5.95 Å². The predicted octanol–water partition coefficient (Wildman–Crippen LogP) is 2.11. The molecule has 0 fully saturated rings. The molecule has 0 atom stereocenters. The molecule has 0 bridgehead atoms. The fourth-order valence-corrected chi connectivity index (χ4v) is 2.32. The number of fused-ring (bicyclic) bond motifs is 1. The molecule has 1 amide bonds. The third-order valence-electron chi connectivity index (χ3n) is 3.28. The van der Waals surface area contributed by atoms with Crippen molar-refractivity contribution in [2.75, 3.05) is 5.73 Å². The second-order valence-corrected chi connectivity index (χ2v) is 4.94. The molecule has 6 nitrogen and oxygen atoms in total. The van der Waals surface area contributed by atoms with Crippen LogP contribution in [-0.4, -0.2) is 27.1 Å². The van der Waals surface area contributed by atoms with Gasteiger partial charge in [-0.2, -0.15) is 0 Å². The van der Waals surface area contributed by atoms with Gasteiger partial charge in [0.15, 0.2) is 0 Å². The number of aromatic nitrogens is 2. The molecule has 1 aromatic heterocycles.